The predicted octanol–water partition coefficient (Wildman–Crippen LogP) is 5.59. The van der Waals surface area contributed by atoms with E-state index < -0.39 is 12.0 Å². The van der Waals surface area contributed by atoms with Crippen molar-refractivity contribution in [1.29, 1.82) is 0 Å². The maximum Gasteiger partial charge on any atom is 0.325 e. The van der Waals surface area contributed by atoms with Gasteiger partial charge in [0, 0.05) is 25.1 Å². The molecule has 0 amide bonds. The summed E-state index contributed by atoms with van der Waals surface area (Å²) in [5, 5.41) is 10.1. The number of carboxylic acids is 1. The summed E-state index contributed by atoms with van der Waals surface area (Å²) in [4.78, 5) is 18.8. The molecule has 36 heavy (non-hydrogen) atoms. The van der Waals surface area contributed by atoms with Crippen molar-refractivity contribution in [2.24, 2.45) is 0 Å². The summed E-state index contributed by atoms with van der Waals surface area (Å²) in [6, 6.07) is 20.8. The monoisotopic (exact) mass is 486 g/mol. The van der Waals surface area contributed by atoms with Crippen LogP contribution in [0.1, 0.15) is 34.2 Å². The molecule has 0 radical (unpaired) electrons. The number of carboxylic acid groups (broad SMARTS) is 1. The lowest BCUT2D eigenvalue weighted by atomic mass is 9.92. The van der Waals surface area contributed by atoms with Gasteiger partial charge in [0.05, 0.1) is 12.3 Å². The number of aryl methyl sites for hydroxylation is 1. The molecule has 5 rings (SSSR count). The molecule has 0 fully saturated rings. The number of halogens is 1. The van der Waals surface area contributed by atoms with Crippen LogP contribution in [0.5, 0.6) is 5.75 Å². The number of rotatable bonds is 8. The second-order valence-electron chi connectivity index (χ2n) is 8.93. The number of hydrogen-bond acceptors (Lipinski definition) is 5. The van der Waals surface area contributed by atoms with Gasteiger partial charge in [0.15, 0.2) is 0 Å². The number of aliphatic carboxylic acids is 1. The number of ether oxygens (including phenoxy) is 1. The van der Waals surface area contributed by atoms with Crippen LogP contribution in [0.2, 0.25) is 0 Å². The SMILES string of the molecule is Cc1oc(-c2ccccc2)nc1CCOc1ccc2c(c1)C(C(=O)O)N(Cc1ccc(F)cc1)CC2. The minimum absolute atomic E-state index is 0.309. The third-order valence-corrected chi connectivity index (χ3v) is 6.50. The number of nitrogens with zero attached hydrogens (tertiary/aromatic N) is 2. The maximum absolute atomic E-state index is 13.3. The normalized spacial score (nSPS) is 15.4. The van der Waals surface area contributed by atoms with E-state index in [1.807, 2.05) is 60.4 Å². The highest BCUT2D eigenvalue weighted by atomic mass is 19.1. The Balaban J connectivity index is 1.28. The van der Waals surface area contributed by atoms with Crippen LogP contribution in [-0.2, 0) is 24.2 Å². The first kappa shape index (κ1) is 23.8. The molecule has 4 aromatic rings. The highest BCUT2D eigenvalue weighted by molar-refractivity contribution is 5.77. The summed E-state index contributed by atoms with van der Waals surface area (Å²) in [7, 11) is 0. The standard InChI is InChI=1S/C29H27FN2O4/c1-19-26(31-28(36-19)22-5-3-2-4-6-22)14-16-35-24-12-9-21-13-15-32(27(29(33)34)25(21)17-24)18-20-7-10-23(30)11-8-20/h2-12,17,27H,13-16,18H2,1H3,(H,33,34). The van der Waals surface area contributed by atoms with Crippen LogP contribution in [0, 0.1) is 12.7 Å². The van der Waals surface area contributed by atoms with Crippen molar-refractivity contribution in [3.63, 3.8) is 0 Å². The molecule has 1 aliphatic rings. The fraction of sp³-hybridized carbons (Fsp3) is 0.241. The molecule has 1 N–H and O–H groups in total. The fourth-order valence-electron chi connectivity index (χ4n) is 4.65. The Kier molecular flexibility index (Phi) is 6.82. The summed E-state index contributed by atoms with van der Waals surface area (Å²) in [5.41, 5.74) is 4.37. The quantitative estimate of drug-likeness (QED) is 0.350. The van der Waals surface area contributed by atoms with Gasteiger partial charge in [-0.2, -0.15) is 0 Å². The minimum atomic E-state index is -0.915. The van der Waals surface area contributed by atoms with Gasteiger partial charge in [-0.25, -0.2) is 9.37 Å². The van der Waals surface area contributed by atoms with E-state index in [1.54, 1.807) is 12.1 Å². The molecule has 184 valence electrons. The third kappa shape index (κ3) is 5.16. The summed E-state index contributed by atoms with van der Waals surface area (Å²) >= 11 is 0. The van der Waals surface area contributed by atoms with Crippen molar-refractivity contribution in [3.05, 3.63) is 107 Å². The number of benzene rings is 3. The fourth-order valence-corrected chi connectivity index (χ4v) is 4.65. The van der Waals surface area contributed by atoms with Gasteiger partial charge < -0.3 is 14.3 Å². The first-order valence-corrected chi connectivity index (χ1v) is 12.0. The van der Waals surface area contributed by atoms with Crippen molar-refractivity contribution >= 4 is 5.97 Å². The van der Waals surface area contributed by atoms with E-state index in [1.165, 1.54) is 12.1 Å². The largest absolute Gasteiger partial charge is 0.493 e. The highest BCUT2D eigenvalue weighted by Gasteiger charge is 2.33. The lowest BCUT2D eigenvalue weighted by Crippen LogP contribution is -2.39. The number of hydrogen-bond donors (Lipinski definition) is 1. The van der Waals surface area contributed by atoms with Crippen LogP contribution >= 0.6 is 0 Å². The molecule has 0 saturated carbocycles. The van der Waals surface area contributed by atoms with E-state index in [0.717, 1.165) is 40.1 Å². The average molecular weight is 487 g/mol. The molecule has 6 nitrogen and oxygen atoms in total. The highest BCUT2D eigenvalue weighted by Crippen LogP contribution is 2.34. The van der Waals surface area contributed by atoms with E-state index in [2.05, 4.69) is 4.98 Å². The predicted molar refractivity (Wildman–Crippen MR) is 133 cm³/mol. The minimum Gasteiger partial charge on any atom is -0.493 e. The van der Waals surface area contributed by atoms with Gasteiger partial charge in [0.1, 0.15) is 23.4 Å². The molecule has 1 unspecified atom stereocenters. The number of fused-ring (bicyclic) bond motifs is 1. The second kappa shape index (κ2) is 10.3. The average Bonchev–Trinajstić information content (AvgIpc) is 3.26. The van der Waals surface area contributed by atoms with E-state index in [0.29, 0.717) is 37.8 Å². The summed E-state index contributed by atoms with van der Waals surface area (Å²) in [5.74, 6) is 0.735. The van der Waals surface area contributed by atoms with E-state index in [-0.39, 0.29) is 5.82 Å². The van der Waals surface area contributed by atoms with Crippen LogP contribution < -0.4 is 4.74 Å². The van der Waals surface area contributed by atoms with Gasteiger partial charge >= 0.3 is 5.97 Å². The maximum atomic E-state index is 13.3. The van der Waals surface area contributed by atoms with Crippen LogP contribution in [0.15, 0.2) is 77.2 Å². The van der Waals surface area contributed by atoms with E-state index in [4.69, 9.17) is 9.15 Å². The Morgan fingerprint density at radius 3 is 2.67 bits per heavy atom. The number of aromatic nitrogens is 1. The summed E-state index contributed by atoms with van der Waals surface area (Å²) in [6.07, 6.45) is 1.30. The van der Waals surface area contributed by atoms with Crippen molar-refractivity contribution in [1.82, 2.24) is 9.88 Å². The lowest BCUT2D eigenvalue weighted by molar-refractivity contribution is -0.144. The summed E-state index contributed by atoms with van der Waals surface area (Å²) in [6.45, 7) is 3.31. The Labute approximate surface area is 209 Å². The van der Waals surface area contributed by atoms with Gasteiger partial charge in [-0.05, 0) is 66.4 Å². The zero-order valence-electron chi connectivity index (χ0n) is 20.0. The molecule has 7 heteroatoms. The van der Waals surface area contributed by atoms with Crippen molar-refractivity contribution in [3.8, 4) is 17.2 Å². The van der Waals surface area contributed by atoms with Gasteiger partial charge in [-0.1, -0.05) is 36.4 Å². The molecule has 1 aliphatic heterocycles. The Morgan fingerprint density at radius 2 is 1.92 bits per heavy atom. The molecule has 1 aromatic heterocycles. The number of oxazole rings is 1. The van der Waals surface area contributed by atoms with Crippen LogP contribution in [0.3, 0.4) is 0 Å². The molecule has 0 spiro atoms. The molecule has 0 aliphatic carbocycles. The van der Waals surface area contributed by atoms with Crippen molar-refractivity contribution < 1.29 is 23.4 Å². The first-order chi connectivity index (χ1) is 17.5. The van der Waals surface area contributed by atoms with Crippen LogP contribution in [0.4, 0.5) is 4.39 Å². The summed E-state index contributed by atoms with van der Waals surface area (Å²) < 4.78 is 25.1. The zero-order valence-corrected chi connectivity index (χ0v) is 20.0. The zero-order chi connectivity index (χ0) is 25.1. The van der Waals surface area contributed by atoms with Gasteiger partial charge in [0.25, 0.3) is 0 Å². The molecule has 0 bridgehead atoms. The third-order valence-electron chi connectivity index (χ3n) is 6.50. The Hall–Kier alpha value is -3.97. The van der Waals surface area contributed by atoms with E-state index >= 15 is 0 Å². The van der Waals surface area contributed by atoms with Gasteiger partial charge in [-0.3, -0.25) is 9.69 Å². The van der Waals surface area contributed by atoms with Crippen LogP contribution in [0.25, 0.3) is 11.5 Å². The molecular weight excluding hydrogens is 459 g/mol. The molecule has 1 atom stereocenters. The molecular formula is C29H27FN2O4. The van der Waals surface area contributed by atoms with Gasteiger partial charge in [-0.15, -0.1) is 0 Å². The molecule has 0 saturated heterocycles. The van der Waals surface area contributed by atoms with Crippen molar-refractivity contribution in [2.75, 3.05) is 13.2 Å². The van der Waals surface area contributed by atoms with Crippen LogP contribution in [-0.4, -0.2) is 34.1 Å². The van der Waals surface area contributed by atoms with E-state index in [9.17, 15) is 14.3 Å². The lowest BCUT2D eigenvalue weighted by Gasteiger charge is -2.35. The second-order valence-corrected chi connectivity index (χ2v) is 8.93. The smallest absolute Gasteiger partial charge is 0.325 e. The first-order valence-electron chi connectivity index (χ1n) is 12.0. The van der Waals surface area contributed by atoms with Crippen molar-refractivity contribution in [2.45, 2.75) is 32.4 Å². The Morgan fingerprint density at radius 1 is 1.14 bits per heavy atom. The van der Waals surface area contributed by atoms with Gasteiger partial charge in [0.2, 0.25) is 5.89 Å². The number of carbonyl (C=O) groups is 1. The topological polar surface area (TPSA) is 75.8 Å². The molecule has 3 aromatic carbocycles. The molecule has 2 heterocycles. The Bertz CT molecular complexity index is 1350.